The Morgan fingerprint density at radius 1 is 1.22 bits per heavy atom. The summed E-state index contributed by atoms with van der Waals surface area (Å²) in [5.41, 5.74) is 1.91. The summed E-state index contributed by atoms with van der Waals surface area (Å²) in [5, 5.41) is 14.3. The van der Waals surface area contributed by atoms with Crippen molar-refractivity contribution in [2.45, 2.75) is 12.5 Å². The second-order valence-corrected chi connectivity index (χ2v) is 4.74. The Morgan fingerprint density at radius 3 is 2.67 bits per heavy atom. The summed E-state index contributed by atoms with van der Waals surface area (Å²) in [4.78, 5) is 0. The molecule has 1 atom stereocenters. The van der Waals surface area contributed by atoms with E-state index in [9.17, 15) is 5.11 Å². The predicted molar refractivity (Wildman–Crippen MR) is 72.5 cm³/mol. The number of methoxy groups -OCH3 is 2. The first-order valence-electron chi connectivity index (χ1n) is 5.65. The first kappa shape index (κ1) is 12.9. The van der Waals surface area contributed by atoms with Crippen LogP contribution in [0.25, 0.3) is 0 Å². The zero-order valence-corrected chi connectivity index (χ0v) is 11.2. The van der Waals surface area contributed by atoms with Crippen molar-refractivity contribution in [1.82, 2.24) is 0 Å². The van der Waals surface area contributed by atoms with Crippen molar-refractivity contribution < 1.29 is 14.6 Å². The van der Waals surface area contributed by atoms with Gasteiger partial charge in [0.1, 0.15) is 11.5 Å². The molecule has 0 spiro atoms. The number of hydrogen-bond acceptors (Lipinski definition) is 4. The van der Waals surface area contributed by atoms with E-state index < -0.39 is 6.10 Å². The molecule has 0 saturated carbocycles. The Labute approximate surface area is 111 Å². The third-order valence-electron chi connectivity index (χ3n) is 2.81. The molecule has 1 heterocycles. The molecule has 0 saturated heterocycles. The largest absolute Gasteiger partial charge is 0.497 e. The van der Waals surface area contributed by atoms with E-state index in [1.54, 1.807) is 31.6 Å². The second kappa shape index (κ2) is 5.89. The van der Waals surface area contributed by atoms with E-state index in [2.05, 4.69) is 0 Å². The molecule has 0 aliphatic carbocycles. The smallest absolute Gasteiger partial charge is 0.128 e. The third-order valence-corrected chi connectivity index (χ3v) is 3.54. The quantitative estimate of drug-likeness (QED) is 0.902. The van der Waals surface area contributed by atoms with Crippen LogP contribution in [0.3, 0.4) is 0 Å². The van der Waals surface area contributed by atoms with Gasteiger partial charge < -0.3 is 14.6 Å². The van der Waals surface area contributed by atoms with Crippen LogP contribution < -0.4 is 9.47 Å². The normalized spacial score (nSPS) is 12.2. The molecule has 1 unspecified atom stereocenters. The van der Waals surface area contributed by atoms with Gasteiger partial charge in [-0.3, -0.25) is 0 Å². The average molecular weight is 264 g/mol. The Hall–Kier alpha value is -1.52. The number of aliphatic hydroxyl groups is 1. The first-order valence-corrected chi connectivity index (χ1v) is 6.60. The van der Waals surface area contributed by atoms with Gasteiger partial charge in [0.25, 0.3) is 0 Å². The van der Waals surface area contributed by atoms with Crippen LogP contribution in [0.5, 0.6) is 11.5 Å². The summed E-state index contributed by atoms with van der Waals surface area (Å²) in [6, 6.07) is 7.47. The maximum absolute atomic E-state index is 10.3. The van der Waals surface area contributed by atoms with E-state index in [4.69, 9.17) is 9.47 Å². The van der Waals surface area contributed by atoms with Gasteiger partial charge in [-0.15, -0.1) is 0 Å². The van der Waals surface area contributed by atoms with Crippen molar-refractivity contribution in [2.24, 2.45) is 0 Å². The van der Waals surface area contributed by atoms with Gasteiger partial charge in [-0.05, 0) is 34.5 Å². The van der Waals surface area contributed by atoms with Crippen LogP contribution in [0, 0.1) is 0 Å². The highest BCUT2D eigenvalue weighted by atomic mass is 32.1. The van der Waals surface area contributed by atoms with Gasteiger partial charge in [0, 0.05) is 18.1 Å². The van der Waals surface area contributed by atoms with Crippen LogP contribution in [0.1, 0.15) is 17.2 Å². The van der Waals surface area contributed by atoms with E-state index in [0.717, 1.165) is 16.9 Å². The fraction of sp³-hybridized carbons (Fsp3) is 0.286. The Morgan fingerprint density at radius 2 is 2.06 bits per heavy atom. The highest BCUT2D eigenvalue weighted by Gasteiger charge is 2.15. The standard InChI is InChI=1S/C14H16O3S/c1-16-11-3-4-12(14(8-11)17-2)13(15)7-10-5-6-18-9-10/h3-6,8-9,13,15H,7H2,1-2H3. The molecular weight excluding hydrogens is 248 g/mol. The molecule has 0 aliphatic rings. The van der Waals surface area contributed by atoms with Crippen LogP contribution in [0.4, 0.5) is 0 Å². The van der Waals surface area contributed by atoms with Crippen LogP contribution in [-0.2, 0) is 6.42 Å². The van der Waals surface area contributed by atoms with E-state index in [1.807, 2.05) is 29.0 Å². The summed E-state index contributed by atoms with van der Waals surface area (Å²) < 4.78 is 10.4. The van der Waals surface area contributed by atoms with Gasteiger partial charge in [-0.2, -0.15) is 11.3 Å². The molecule has 2 rings (SSSR count). The van der Waals surface area contributed by atoms with Gasteiger partial charge in [-0.1, -0.05) is 0 Å². The molecule has 1 aromatic heterocycles. The van der Waals surface area contributed by atoms with Crippen LogP contribution >= 0.6 is 11.3 Å². The number of thiophene rings is 1. The van der Waals surface area contributed by atoms with Crippen molar-refractivity contribution in [2.75, 3.05) is 14.2 Å². The SMILES string of the molecule is COc1ccc(C(O)Cc2ccsc2)c(OC)c1. The molecule has 18 heavy (non-hydrogen) atoms. The van der Waals surface area contributed by atoms with Crippen LogP contribution in [0.15, 0.2) is 35.0 Å². The van der Waals surface area contributed by atoms with E-state index in [-0.39, 0.29) is 0 Å². The van der Waals surface area contributed by atoms with Crippen molar-refractivity contribution in [1.29, 1.82) is 0 Å². The minimum atomic E-state index is -0.569. The van der Waals surface area contributed by atoms with Crippen LogP contribution in [0.2, 0.25) is 0 Å². The van der Waals surface area contributed by atoms with E-state index in [1.165, 1.54) is 0 Å². The van der Waals surface area contributed by atoms with Gasteiger partial charge in [-0.25, -0.2) is 0 Å². The summed E-state index contributed by atoms with van der Waals surface area (Å²) in [6.07, 6.45) is 0.0205. The Balaban J connectivity index is 2.21. The molecule has 1 N–H and O–H groups in total. The number of rotatable bonds is 5. The fourth-order valence-electron chi connectivity index (χ4n) is 1.84. The second-order valence-electron chi connectivity index (χ2n) is 3.96. The van der Waals surface area contributed by atoms with Crippen molar-refractivity contribution in [3.05, 3.63) is 46.2 Å². The molecule has 0 radical (unpaired) electrons. The number of hydrogen-bond donors (Lipinski definition) is 1. The molecule has 0 bridgehead atoms. The lowest BCUT2D eigenvalue weighted by atomic mass is 10.0. The molecule has 2 aromatic rings. The summed E-state index contributed by atoms with van der Waals surface area (Å²) in [7, 11) is 3.20. The minimum Gasteiger partial charge on any atom is -0.497 e. The lowest BCUT2D eigenvalue weighted by Crippen LogP contribution is -2.03. The fourth-order valence-corrected chi connectivity index (χ4v) is 2.52. The number of ether oxygens (including phenoxy) is 2. The van der Waals surface area contributed by atoms with Crippen molar-refractivity contribution in [3.8, 4) is 11.5 Å². The molecule has 0 fully saturated rings. The van der Waals surface area contributed by atoms with Crippen molar-refractivity contribution in [3.63, 3.8) is 0 Å². The molecule has 0 aliphatic heterocycles. The lowest BCUT2D eigenvalue weighted by Gasteiger charge is -2.15. The monoisotopic (exact) mass is 264 g/mol. The van der Waals surface area contributed by atoms with Gasteiger partial charge >= 0.3 is 0 Å². The third kappa shape index (κ3) is 2.83. The minimum absolute atomic E-state index is 0.569. The van der Waals surface area contributed by atoms with E-state index in [0.29, 0.717) is 12.2 Å². The Bertz CT molecular complexity index is 494. The zero-order chi connectivity index (χ0) is 13.0. The maximum atomic E-state index is 10.3. The first-order chi connectivity index (χ1) is 8.74. The van der Waals surface area contributed by atoms with Crippen molar-refractivity contribution >= 4 is 11.3 Å². The van der Waals surface area contributed by atoms with Gasteiger partial charge in [0.15, 0.2) is 0 Å². The van der Waals surface area contributed by atoms with Gasteiger partial charge in [0.05, 0.1) is 20.3 Å². The topological polar surface area (TPSA) is 38.7 Å². The predicted octanol–water partition coefficient (Wildman–Crippen LogP) is 3.04. The molecule has 0 amide bonds. The molecule has 96 valence electrons. The zero-order valence-electron chi connectivity index (χ0n) is 10.4. The molecule has 1 aromatic carbocycles. The van der Waals surface area contributed by atoms with Crippen LogP contribution in [-0.4, -0.2) is 19.3 Å². The molecule has 3 nitrogen and oxygen atoms in total. The summed E-state index contributed by atoms with van der Waals surface area (Å²) >= 11 is 1.63. The molecule has 4 heteroatoms. The maximum Gasteiger partial charge on any atom is 0.128 e. The number of aliphatic hydroxyl groups excluding tert-OH is 1. The van der Waals surface area contributed by atoms with Gasteiger partial charge in [0.2, 0.25) is 0 Å². The lowest BCUT2D eigenvalue weighted by molar-refractivity contribution is 0.174. The Kier molecular flexibility index (Phi) is 4.23. The summed E-state index contributed by atoms with van der Waals surface area (Å²) in [5.74, 6) is 1.37. The average Bonchev–Trinajstić information content (AvgIpc) is 2.90. The number of benzene rings is 1. The highest BCUT2D eigenvalue weighted by Crippen LogP contribution is 2.31. The van der Waals surface area contributed by atoms with E-state index >= 15 is 0 Å². The summed E-state index contributed by atoms with van der Waals surface area (Å²) in [6.45, 7) is 0. The highest BCUT2D eigenvalue weighted by molar-refractivity contribution is 7.07. The molecular formula is C14H16O3S.